The summed E-state index contributed by atoms with van der Waals surface area (Å²) in [5.41, 5.74) is 6.47. The number of carbonyl (C=O) groups excluding carboxylic acids is 1. The first-order chi connectivity index (χ1) is 18.1. The second-order valence-electron chi connectivity index (χ2n) is 9.58. The van der Waals surface area contributed by atoms with Gasteiger partial charge < -0.3 is 15.7 Å². The molecule has 1 aromatic carbocycles. The van der Waals surface area contributed by atoms with Crippen molar-refractivity contribution in [1.29, 1.82) is 5.26 Å². The van der Waals surface area contributed by atoms with E-state index in [9.17, 15) is 23.6 Å². The summed E-state index contributed by atoms with van der Waals surface area (Å²) in [5, 5.41) is 20.8. The molecule has 2 aliphatic heterocycles. The number of hydrogen-bond acceptors (Lipinski definition) is 8. The summed E-state index contributed by atoms with van der Waals surface area (Å²) in [4.78, 5) is 22.6. The van der Waals surface area contributed by atoms with Gasteiger partial charge >= 0.3 is 0 Å². The van der Waals surface area contributed by atoms with Gasteiger partial charge in [0.1, 0.15) is 22.2 Å². The van der Waals surface area contributed by atoms with Gasteiger partial charge in [-0.1, -0.05) is 49.0 Å². The molecular weight excluding hydrogens is 524 g/mol. The van der Waals surface area contributed by atoms with Crippen LogP contribution in [0.4, 0.5) is 11.5 Å². The lowest BCUT2D eigenvalue weighted by atomic mass is 9.83. The molecule has 0 bridgehead atoms. The van der Waals surface area contributed by atoms with E-state index in [1.807, 2.05) is 13.0 Å². The number of amides is 1. The van der Waals surface area contributed by atoms with Crippen LogP contribution in [0, 0.1) is 17.9 Å². The van der Waals surface area contributed by atoms with Crippen molar-refractivity contribution in [3.05, 3.63) is 58.4 Å². The second kappa shape index (κ2) is 10.9. The van der Waals surface area contributed by atoms with Crippen LogP contribution in [0.25, 0.3) is 4.85 Å². The second-order valence-corrected chi connectivity index (χ2v) is 12.6. The minimum atomic E-state index is -3.51. The lowest BCUT2D eigenvalue weighted by Crippen LogP contribution is -2.62. The number of carbonyl (C=O) groups is 1. The molecule has 2 aromatic rings. The van der Waals surface area contributed by atoms with Crippen molar-refractivity contribution in [2.75, 3.05) is 30.8 Å². The van der Waals surface area contributed by atoms with E-state index in [-0.39, 0.29) is 22.8 Å². The van der Waals surface area contributed by atoms with Crippen LogP contribution >= 0.6 is 11.8 Å². The van der Waals surface area contributed by atoms with E-state index in [1.54, 1.807) is 29.2 Å². The molecule has 1 aromatic heterocycles. The van der Waals surface area contributed by atoms with E-state index in [4.69, 9.17) is 17.3 Å². The SMILES string of the molecule is [C-]#[N+]c1c(N2CC[C@@]3(CCCN3S(C)(=O)=O)[C@@H](O)C2)nc(SC(C(N)=O)c2ccccc2)c(C#N)c1CC. The average molecular weight is 555 g/mol. The van der Waals surface area contributed by atoms with Crippen molar-refractivity contribution < 1.29 is 18.3 Å². The maximum Gasteiger partial charge on any atom is 0.235 e. The molecule has 0 saturated carbocycles. The molecule has 3 N–H and O–H groups in total. The topological polar surface area (TPSA) is 145 Å². The van der Waals surface area contributed by atoms with Gasteiger partial charge in [0.2, 0.25) is 21.6 Å². The van der Waals surface area contributed by atoms with Crippen LogP contribution in [0.15, 0.2) is 35.4 Å². The van der Waals surface area contributed by atoms with Crippen molar-refractivity contribution in [3.8, 4) is 6.07 Å². The molecule has 200 valence electrons. The van der Waals surface area contributed by atoms with E-state index in [0.717, 1.165) is 18.0 Å². The number of aliphatic hydroxyl groups excluding tert-OH is 1. The fourth-order valence-corrected chi connectivity index (χ4v) is 8.10. The number of rotatable bonds is 7. The Morgan fingerprint density at radius 1 is 1.37 bits per heavy atom. The van der Waals surface area contributed by atoms with Crippen LogP contribution < -0.4 is 10.6 Å². The molecule has 10 nitrogen and oxygen atoms in total. The zero-order valence-electron chi connectivity index (χ0n) is 21.3. The molecule has 12 heteroatoms. The van der Waals surface area contributed by atoms with Gasteiger partial charge in [-0.3, -0.25) is 4.79 Å². The molecule has 0 radical (unpaired) electrons. The number of pyridine rings is 1. The summed E-state index contributed by atoms with van der Waals surface area (Å²) in [6.07, 6.45) is 2.16. The first-order valence-corrected chi connectivity index (χ1v) is 15.1. The fraction of sp³-hybridized carbons (Fsp3) is 0.462. The molecule has 2 aliphatic rings. The van der Waals surface area contributed by atoms with Gasteiger partial charge in [-0.05, 0) is 36.8 Å². The lowest BCUT2D eigenvalue weighted by molar-refractivity contribution is -0.117. The monoisotopic (exact) mass is 554 g/mol. The largest absolute Gasteiger partial charge is 0.389 e. The predicted molar refractivity (Wildman–Crippen MR) is 145 cm³/mol. The Hall–Kier alpha value is -3.16. The van der Waals surface area contributed by atoms with E-state index in [1.165, 1.54) is 4.31 Å². The van der Waals surface area contributed by atoms with Gasteiger partial charge in [0.25, 0.3) is 0 Å². The van der Waals surface area contributed by atoms with Crippen molar-refractivity contribution in [2.24, 2.45) is 5.73 Å². The highest BCUT2D eigenvalue weighted by molar-refractivity contribution is 8.00. The molecule has 2 saturated heterocycles. The molecule has 1 spiro atoms. The highest BCUT2D eigenvalue weighted by Gasteiger charge is 2.53. The Labute approximate surface area is 227 Å². The molecule has 0 aliphatic carbocycles. The quantitative estimate of drug-likeness (QED) is 0.393. The molecule has 1 amide bonds. The van der Waals surface area contributed by atoms with Gasteiger partial charge in [-0.25, -0.2) is 18.2 Å². The third kappa shape index (κ3) is 4.97. The standard InChI is InChI=1S/C26H30N6O4S2/c1-4-18-19(15-27)25(37-22(23(28)34)17-9-6-5-7-10-17)30-24(21(18)29-2)31-14-12-26(20(33)16-31)11-8-13-32(26)38(3,35)36/h5-7,9-10,20,22,33H,4,8,11-14,16H2,1,3H3,(H2,28,34)/t20-,22?,26-/m0/s1. The summed E-state index contributed by atoms with van der Waals surface area (Å²) in [7, 11) is -3.51. The number of hydrogen-bond donors (Lipinski definition) is 2. The third-order valence-corrected chi connectivity index (χ3v) is 9.99. The van der Waals surface area contributed by atoms with Crippen LogP contribution in [0.1, 0.15) is 48.1 Å². The number of sulfonamides is 1. The van der Waals surface area contributed by atoms with E-state index < -0.39 is 32.8 Å². The number of aliphatic hydroxyl groups is 1. The number of primary amides is 1. The van der Waals surface area contributed by atoms with Gasteiger partial charge in [-0.2, -0.15) is 9.57 Å². The summed E-state index contributed by atoms with van der Waals surface area (Å²) in [6, 6.07) is 11.1. The van der Waals surface area contributed by atoms with Crippen LogP contribution in [0.5, 0.6) is 0 Å². The predicted octanol–water partition coefficient (Wildman–Crippen LogP) is 2.75. The number of nitrogens with two attached hydrogens (primary N) is 1. The van der Waals surface area contributed by atoms with Gasteiger partial charge in [0.05, 0.1) is 30.0 Å². The smallest absolute Gasteiger partial charge is 0.235 e. The van der Waals surface area contributed by atoms with Crippen molar-refractivity contribution in [1.82, 2.24) is 9.29 Å². The lowest BCUT2D eigenvalue weighted by Gasteiger charge is -2.47. The summed E-state index contributed by atoms with van der Waals surface area (Å²) < 4.78 is 26.3. The van der Waals surface area contributed by atoms with Crippen molar-refractivity contribution in [2.45, 2.75) is 54.5 Å². The van der Waals surface area contributed by atoms with Crippen molar-refractivity contribution >= 4 is 39.2 Å². The number of nitrogens with zero attached hydrogens (tertiary/aromatic N) is 5. The Kier molecular flexibility index (Phi) is 8.00. The van der Waals surface area contributed by atoms with Crippen LogP contribution in [-0.4, -0.2) is 66.3 Å². The molecule has 4 rings (SSSR count). The minimum absolute atomic E-state index is 0.0820. The van der Waals surface area contributed by atoms with Gasteiger partial charge in [0, 0.05) is 19.6 Å². The number of piperidine rings is 1. The third-order valence-electron chi connectivity index (χ3n) is 7.38. The van der Waals surface area contributed by atoms with E-state index in [0.29, 0.717) is 55.7 Å². The van der Waals surface area contributed by atoms with Crippen LogP contribution in [-0.2, 0) is 21.2 Å². The number of aromatic nitrogens is 1. The molecule has 1 unspecified atom stereocenters. The fourth-order valence-electron chi connectivity index (χ4n) is 5.61. The summed E-state index contributed by atoms with van der Waals surface area (Å²) in [6.45, 7) is 10.5. The number of thioether (sulfide) groups is 1. The molecule has 3 heterocycles. The normalized spacial score (nSPS) is 22.7. The maximum atomic E-state index is 12.5. The highest BCUT2D eigenvalue weighted by atomic mass is 32.2. The molecule has 38 heavy (non-hydrogen) atoms. The number of nitriles is 1. The Balaban J connectivity index is 1.76. The van der Waals surface area contributed by atoms with Crippen molar-refractivity contribution in [3.63, 3.8) is 0 Å². The Bertz CT molecular complexity index is 1420. The zero-order chi connectivity index (χ0) is 27.7. The molecule has 2 fully saturated rings. The Morgan fingerprint density at radius 2 is 2.08 bits per heavy atom. The average Bonchev–Trinajstić information content (AvgIpc) is 3.33. The first-order valence-electron chi connectivity index (χ1n) is 12.3. The van der Waals surface area contributed by atoms with Crippen LogP contribution in [0.3, 0.4) is 0 Å². The van der Waals surface area contributed by atoms with Crippen LogP contribution in [0.2, 0.25) is 0 Å². The van der Waals surface area contributed by atoms with Gasteiger partial charge in [0.15, 0.2) is 0 Å². The summed E-state index contributed by atoms with van der Waals surface area (Å²) in [5.74, 6) is -0.273. The maximum absolute atomic E-state index is 12.5. The molecule has 3 atom stereocenters. The summed E-state index contributed by atoms with van der Waals surface area (Å²) >= 11 is 1.06. The number of β-amino-alcohol motifs (C(OH)–C–C–N with tert-alkyl or cyclic N) is 1. The first kappa shape index (κ1) is 27.9. The van der Waals surface area contributed by atoms with E-state index in [2.05, 4.69) is 10.9 Å². The number of benzene rings is 1. The van der Waals surface area contributed by atoms with Gasteiger partial charge in [-0.15, -0.1) is 0 Å². The van der Waals surface area contributed by atoms with E-state index >= 15 is 0 Å². The zero-order valence-corrected chi connectivity index (χ0v) is 22.9. The Morgan fingerprint density at radius 3 is 2.63 bits per heavy atom. The molecular formula is C26H30N6O4S2. The highest BCUT2D eigenvalue weighted by Crippen LogP contribution is 2.45. The minimum Gasteiger partial charge on any atom is -0.389 e. The number of anilines is 1.